The Morgan fingerprint density at radius 1 is 1.01 bits per heavy atom. The number of benzene rings is 2. The molecular formula is C54H72N9O7+. The molecule has 16 nitrogen and oxygen atoms in total. The number of fused-ring (bicyclic) bond motifs is 6. The molecule has 0 radical (unpaired) electrons. The van der Waals surface area contributed by atoms with Crippen LogP contribution in [0.3, 0.4) is 0 Å². The third kappa shape index (κ3) is 11.5. The maximum Gasteiger partial charge on any atom is 0.326 e. The Labute approximate surface area is 412 Å². The van der Waals surface area contributed by atoms with Gasteiger partial charge in [0.2, 0.25) is 16.7 Å². The number of nitrogens with one attached hydrogen (secondary N) is 2. The molecule has 6 bridgehead atoms. The fourth-order valence-corrected chi connectivity index (χ4v) is 10.2. The van der Waals surface area contributed by atoms with E-state index in [0.717, 1.165) is 50.1 Å². The standard InChI is InChI=1S/C54H71N9O7/c1-11-61-45-22-21-40-32-42(45)43(50(61)41-18-13-25-55-48(41)36(4)69-10)33-54(5,6)34-70-63(68)46-19-14-27-62(57-46)53(67)44(31-37-16-12-17-39(40)30-37)56-51(65)49(35(2)3)59(9)52(66)38-23-28-60(29-24-38)26-15-20-47(64)58(7)8/h12-13,16-18,21-22,25,30,32,35-36,38,44,46,49,57H,11,14,19,23-24,26-29,31,33-34H2,1-10H3/p+1/t36-,44-,46+,49-/m0/s1. The number of pyridine rings is 1. The first kappa shape index (κ1) is 51.7. The third-order valence-electron chi connectivity index (χ3n) is 14.1. The van der Waals surface area contributed by atoms with E-state index in [1.165, 1.54) is 9.91 Å². The van der Waals surface area contributed by atoms with E-state index in [4.69, 9.17) is 14.6 Å². The largest absolute Gasteiger partial charge is 0.375 e. The first-order valence-electron chi connectivity index (χ1n) is 24.8. The van der Waals surface area contributed by atoms with Gasteiger partial charge in [-0.2, -0.15) is 5.43 Å². The van der Waals surface area contributed by atoms with Crippen LogP contribution >= 0.6 is 0 Å². The predicted molar refractivity (Wildman–Crippen MR) is 269 cm³/mol. The first-order chi connectivity index (χ1) is 33.4. The number of carbonyl (C=O) groups is 4. The van der Waals surface area contributed by atoms with Gasteiger partial charge in [-0.05, 0) is 111 Å². The molecule has 2 fully saturated rings. The highest BCUT2D eigenvalue weighted by molar-refractivity contribution is 5.96. The highest BCUT2D eigenvalue weighted by atomic mass is 16.8. The number of likely N-dealkylation sites (N-methyl/N-ethyl adjacent to an activating group) is 1. The SMILES string of the molecule is CCn1c(-c2cccnc2[C@H](C)OC)c2c3cc(ccc31)-c1cccc(c1)C[C@H](NC(=O)[C@H](C(C)C)N(C)C(=O)C1CCN(CC#CC(=O)N(C)C)CC1)C(=O)N1CCC[C@H](N1)[N+](=O)OCC(C)(C)C2. The van der Waals surface area contributed by atoms with Gasteiger partial charge in [-0.1, -0.05) is 63.9 Å². The summed E-state index contributed by atoms with van der Waals surface area (Å²) in [5, 5.41) is 5.61. The van der Waals surface area contributed by atoms with Crippen LogP contribution in [-0.2, 0) is 48.1 Å². The van der Waals surface area contributed by atoms with E-state index in [1.807, 2.05) is 39.0 Å². The Balaban J connectivity index is 1.22. The molecule has 7 rings (SSSR count). The minimum absolute atomic E-state index is 0.103. The number of carbonyl (C=O) groups excluding carboxylic acids is 4. The van der Waals surface area contributed by atoms with Crippen molar-refractivity contribution in [3.05, 3.63) is 82.5 Å². The monoisotopic (exact) mass is 959 g/mol. The van der Waals surface area contributed by atoms with Crippen molar-refractivity contribution in [2.24, 2.45) is 17.3 Å². The summed E-state index contributed by atoms with van der Waals surface area (Å²) in [5.74, 6) is 3.81. The van der Waals surface area contributed by atoms with E-state index in [1.54, 1.807) is 39.3 Å². The van der Waals surface area contributed by atoms with Gasteiger partial charge in [-0.25, -0.2) is 4.84 Å². The number of likely N-dealkylation sites (tertiary alicyclic amines) is 1. The Kier molecular flexibility index (Phi) is 16.5. The van der Waals surface area contributed by atoms with E-state index in [0.29, 0.717) is 69.8 Å². The summed E-state index contributed by atoms with van der Waals surface area (Å²) in [6.07, 6.45) is 3.58. The van der Waals surface area contributed by atoms with Crippen LogP contribution in [-0.4, -0.2) is 137 Å². The molecule has 4 amide bonds. The number of hydrogen-bond acceptors (Lipinski definition) is 10. The highest BCUT2D eigenvalue weighted by Crippen LogP contribution is 2.42. The number of rotatable bonds is 10. The molecule has 4 aromatic rings. The van der Waals surface area contributed by atoms with Gasteiger partial charge >= 0.3 is 6.17 Å². The zero-order valence-electron chi connectivity index (χ0n) is 42.7. The number of methoxy groups -OCH3 is 1. The van der Waals surface area contributed by atoms with Crippen molar-refractivity contribution < 1.29 is 33.7 Å². The molecule has 0 spiro atoms. The molecule has 4 atom stereocenters. The lowest BCUT2D eigenvalue weighted by atomic mass is 9.84. The van der Waals surface area contributed by atoms with E-state index >= 15 is 0 Å². The van der Waals surface area contributed by atoms with Crippen LogP contribution in [0.1, 0.15) is 90.2 Å². The lowest BCUT2D eigenvalue weighted by Crippen LogP contribution is -2.62. The molecule has 374 valence electrons. The average molecular weight is 959 g/mol. The summed E-state index contributed by atoms with van der Waals surface area (Å²) in [5.41, 5.74) is 10.4. The number of nitrogens with zero attached hydrogens (tertiary/aromatic N) is 7. The predicted octanol–water partition coefficient (Wildman–Crippen LogP) is 6.16. The summed E-state index contributed by atoms with van der Waals surface area (Å²) < 4.78 is 8.16. The molecule has 0 unspecified atom stereocenters. The molecule has 5 heterocycles. The van der Waals surface area contributed by atoms with Gasteiger partial charge in [-0.3, -0.25) is 34.1 Å². The van der Waals surface area contributed by atoms with Gasteiger partial charge in [0, 0.05) is 88.2 Å². The van der Waals surface area contributed by atoms with Gasteiger partial charge in [0.05, 0.1) is 28.9 Å². The summed E-state index contributed by atoms with van der Waals surface area (Å²) in [7, 11) is 6.68. The quantitative estimate of drug-likeness (QED) is 0.176. The molecular weight excluding hydrogens is 887 g/mol. The summed E-state index contributed by atoms with van der Waals surface area (Å²) in [6.45, 7) is 15.0. The Bertz CT molecular complexity index is 2640. The fourth-order valence-electron chi connectivity index (χ4n) is 10.2. The normalized spacial score (nSPS) is 19.9. The molecule has 0 saturated carbocycles. The summed E-state index contributed by atoms with van der Waals surface area (Å²) >= 11 is 0. The summed E-state index contributed by atoms with van der Waals surface area (Å²) in [4.78, 5) is 85.9. The van der Waals surface area contributed by atoms with Crippen molar-refractivity contribution in [1.82, 2.24) is 40.0 Å². The van der Waals surface area contributed by atoms with Crippen LogP contribution in [0.4, 0.5) is 0 Å². The second-order valence-electron chi connectivity index (χ2n) is 20.4. The minimum atomic E-state index is -1.04. The van der Waals surface area contributed by atoms with E-state index < -0.39 is 35.5 Å². The third-order valence-corrected chi connectivity index (χ3v) is 14.1. The molecule has 70 heavy (non-hydrogen) atoms. The van der Waals surface area contributed by atoms with Crippen molar-refractivity contribution in [3.63, 3.8) is 0 Å². The van der Waals surface area contributed by atoms with Crippen LogP contribution in [0.5, 0.6) is 0 Å². The Hall–Kier alpha value is -6.15. The lowest BCUT2D eigenvalue weighted by molar-refractivity contribution is -0.835. The molecule has 16 heteroatoms. The highest BCUT2D eigenvalue weighted by Gasteiger charge is 2.41. The van der Waals surface area contributed by atoms with Crippen LogP contribution in [0.15, 0.2) is 60.8 Å². The maximum absolute atomic E-state index is 14.8. The van der Waals surface area contributed by atoms with E-state index in [2.05, 4.69) is 89.2 Å². The number of ether oxygens (including phenoxy) is 1. The zero-order valence-corrected chi connectivity index (χ0v) is 42.7. The Morgan fingerprint density at radius 2 is 1.76 bits per heavy atom. The zero-order chi connectivity index (χ0) is 50.4. The fraction of sp³-hybridized carbons (Fsp3) is 0.537. The van der Waals surface area contributed by atoms with Crippen LogP contribution in [0, 0.1) is 34.0 Å². The van der Waals surface area contributed by atoms with Crippen molar-refractivity contribution in [1.29, 1.82) is 0 Å². The smallest absolute Gasteiger partial charge is 0.326 e. The number of piperidine rings is 1. The summed E-state index contributed by atoms with van der Waals surface area (Å²) in [6, 6.07) is 16.7. The molecule has 3 aliphatic rings. The molecule has 2 aromatic heterocycles. The topological polar surface area (TPSA) is 162 Å². The van der Waals surface area contributed by atoms with Crippen LogP contribution in [0.2, 0.25) is 0 Å². The van der Waals surface area contributed by atoms with Gasteiger partial charge in [-0.15, -0.1) is 0 Å². The minimum Gasteiger partial charge on any atom is -0.375 e. The second kappa shape index (κ2) is 22.3. The second-order valence-corrected chi connectivity index (χ2v) is 20.4. The number of aromatic nitrogens is 2. The Morgan fingerprint density at radius 3 is 2.46 bits per heavy atom. The van der Waals surface area contributed by atoms with Gasteiger partial charge < -0.3 is 24.4 Å². The maximum atomic E-state index is 14.8. The van der Waals surface area contributed by atoms with Crippen LogP contribution < -0.4 is 10.7 Å². The van der Waals surface area contributed by atoms with Crippen LogP contribution in [0.25, 0.3) is 33.3 Å². The van der Waals surface area contributed by atoms with Crippen molar-refractivity contribution >= 4 is 34.5 Å². The van der Waals surface area contributed by atoms with Crippen molar-refractivity contribution in [2.45, 2.75) is 111 Å². The van der Waals surface area contributed by atoms with Gasteiger partial charge in [0.25, 0.3) is 11.8 Å². The van der Waals surface area contributed by atoms with E-state index in [-0.39, 0.29) is 42.8 Å². The molecule has 2 saturated heterocycles. The van der Waals surface area contributed by atoms with E-state index in [9.17, 15) is 24.1 Å². The van der Waals surface area contributed by atoms with Crippen molar-refractivity contribution in [2.75, 3.05) is 61.0 Å². The number of amides is 4. The number of hydrogen-bond donors (Lipinski definition) is 2. The van der Waals surface area contributed by atoms with Gasteiger partial charge in [0.15, 0.2) is 6.61 Å². The van der Waals surface area contributed by atoms with Gasteiger partial charge in [0.1, 0.15) is 12.1 Å². The first-order valence-corrected chi connectivity index (χ1v) is 24.8. The molecule has 0 aliphatic carbocycles. The number of aryl methyl sites for hydroxylation is 1. The molecule has 3 aliphatic heterocycles. The number of hydrazine groups is 1. The van der Waals surface area contributed by atoms with Crippen molar-refractivity contribution in [3.8, 4) is 34.2 Å². The average Bonchev–Trinajstić information content (AvgIpc) is 3.65. The molecule has 2 aromatic carbocycles. The lowest BCUT2D eigenvalue weighted by Gasteiger charge is -2.37. The molecule has 2 N–H and O–H groups in total.